The first-order valence-electron chi connectivity index (χ1n) is 2.64. The molecule has 0 rings (SSSR count). The first kappa shape index (κ1) is 23.8. The van der Waals surface area contributed by atoms with Crippen LogP contribution in [-0.4, -0.2) is 23.4 Å². The summed E-state index contributed by atoms with van der Waals surface area (Å²) in [6.07, 6.45) is 2.37. The van der Waals surface area contributed by atoms with Crippen LogP contribution in [0.2, 0.25) is 0 Å². The maximum Gasteiger partial charge on any atom is 1.00 e. The van der Waals surface area contributed by atoms with E-state index in [2.05, 4.69) is 6.92 Å². The molecule has 0 unspecified atom stereocenters. The quantitative estimate of drug-likeness (QED) is 0.207. The molecule has 0 bridgehead atoms. The largest absolute Gasteiger partial charge is 1.00 e. The predicted molar refractivity (Wildman–Crippen MR) is 36.1 cm³/mol. The summed E-state index contributed by atoms with van der Waals surface area (Å²) < 4.78 is 34.1. The fourth-order valence-electron chi connectivity index (χ4n) is 0.134. The summed E-state index contributed by atoms with van der Waals surface area (Å²) in [5.41, 5.74) is 0. The summed E-state index contributed by atoms with van der Waals surface area (Å²) >= 11 is 5.30. The van der Waals surface area contributed by atoms with Gasteiger partial charge in [-0.15, -0.1) is 11.6 Å². The first-order chi connectivity index (χ1) is 4.41. The van der Waals surface area contributed by atoms with E-state index in [0.29, 0.717) is 0 Å². The second kappa shape index (κ2) is 15.6. The molecule has 0 fully saturated rings. The van der Waals surface area contributed by atoms with Crippen LogP contribution in [0, 0.1) is 0 Å². The molecular formula is C4H9ClNa2O4S. The fraction of sp³-hybridized carbons (Fsp3) is 1.00. The van der Waals surface area contributed by atoms with Crippen molar-refractivity contribution < 1.29 is 76.6 Å². The van der Waals surface area contributed by atoms with Crippen LogP contribution < -0.4 is 59.1 Å². The van der Waals surface area contributed by atoms with Crippen molar-refractivity contribution in [2.45, 2.75) is 19.8 Å². The number of hydrogen-bond donors (Lipinski definition) is 0. The monoisotopic (exact) mass is 234 g/mol. The molecule has 0 aliphatic rings. The second-order valence-electron chi connectivity index (χ2n) is 1.45. The van der Waals surface area contributed by atoms with Gasteiger partial charge < -0.3 is 9.11 Å². The molecule has 12 heavy (non-hydrogen) atoms. The Kier molecular flexibility index (Phi) is 30.9. The van der Waals surface area contributed by atoms with E-state index in [1.54, 1.807) is 0 Å². The smallest absolute Gasteiger partial charge is 0.759 e. The molecule has 0 amide bonds. The Balaban J connectivity index is -0.0000000457. The SMILES string of the molecule is CCCCCl.O=S(=O)([O-])[O-].[Na+].[Na+]. The summed E-state index contributed by atoms with van der Waals surface area (Å²) in [5.74, 6) is 0.816. The van der Waals surface area contributed by atoms with Crippen molar-refractivity contribution in [3.63, 3.8) is 0 Å². The Morgan fingerprint density at radius 1 is 1.25 bits per heavy atom. The maximum absolute atomic E-state index is 8.52. The Bertz CT molecular complexity index is 139. The zero-order valence-electron chi connectivity index (χ0n) is 7.54. The van der Waals surface area contributed by atoms with Crippen LogP contribution >= 0.6 is 11.6 Å². The summed E-state index contributed by atoms with van der Waals surface area (Å²) in [4.78, 5) is 0. The minimum Gasteiger partial charge on any atom is -0.759 e. The van der Waals surface area contributed by atoms with E-state index in [9.17, 15) is 0 Å². The molecule has 0 radical (unpaired) electrons. The van der Waals surface area contributed by atoms with Gasteiger partial charge in [0, 0.05) is 16.3 Å². The van der Waals surface area contributed by atoms with Crippen LogP contribution in [0.15, 0.2) is 0 Å². The van der Waals surface area contributed by atoms with E-state index in [0.717, 1.165) is 12.3 Å². The Labute approximate surface area is 123 Å². The van der Waals surface area contributed by atoms with Gasteiger partial charge in [0.2, 0.25) is 0 Å². The van der Waals surface area contributed by atoms with E-state index < -0.39 is 10.4 Å². The molecule has 0 aliphatic heterocycles. The molecule has 0 aromatic heterocycles. The van der Waals surface area contributed by atoms with Gasteiger partial charge in [-0.25, -0.2) is 0 Å². The van der Waals surface area contributed by atoms with Gasteiger partial charge in [0.25, 0.3) is 0 Å². The molecule has 0 atom stereocenters. The Morgan fingerprint density at radius 2 is 1.50 bits per heavy atom. The molecule has 64 valence electrons. The maximum atomic E-state index is 8.52. The molecule has 8 heteroatoms. The molecular weight excluding hydrogens is 226 g/mol. The van der Waals surface area contributed by atoms with Crippen LogP contribution in [-0.2, 0) is 10.4 Å². The molecule has 0 aromatic carbocycles. The van der Waals surface area contributed by atoms with E-state index in [4.69, 9.17) is 29.1 Å². The van der Waals surface area contributed by atoms with Crippen LogP contribution in [0.5, 0.6) is 0 Å². The van der Waals surface area contributed by atoms with Crippen LogP contribution in [0.3, 0.4) is 0 Å². The summed E-state index contributed by atoms with van der Waals surface area (Å²) in [7, 11) is -5.17. The standard InChI is InChI=1S/C4H9Cl.2Na.H2O4S/c1-2-3-4-5;;;1-5(2,3)4/h2-4H2,1H3;;;(H2,1,2,3,4)/q;2*+1;/p-2. The van der Waals surface area contributed by atoms with E-state index in [1.165, 1.54) is 6.42 Å². The number of alkyl halides is 1. The van der Waals surface area contributed by atoms with Gasteiger partial charge in [0.1, 0.15) is 0 Å². The molecule has 0 spiro atoms. The van der Waals surface area contributed by atoms with Crippen molar-refractivity contribution >= 4 is 22.0 Å². The molecule has 0 aliphatic carbocycles. The van der Waals surface area contributed by atoms with Crippen LogP contribution in [0.25, 0.3) is 0 Å². The van der Waals surface area contributed by atoms with Crippen LogP contribution in [0.4, 0.5) is 0 Å². The third kappa shape index (κ3) is 87.5. The van der Waals surface area contributed by atoms with Gasteiger partial charge in [-0.2, -0.15) is 0 Å². The average molecular weight is 235 g/mol. The van der Waals surface area contributed by atoms with Crippen molar-refractivity contribution in [3.8, 4) is 0 Å². The summed E-state index contributed by atoms with van der Waals surface area (Å²) in [6, 6.07) is 0. The molecule has 0 N–H and O–H groups in total. The Morgan fingerprint density at radius 3 is 1.50 bits per heavy atom. The normalized spacial score (nSPS) is 8.33. The van der Waals surface area contributed by atoms with Crippen molar-refractivity contribution in [2.75, 3.05) is 5.88 Å². The molecule has 0 heterocycles. The van der Waals surface area contributed by atoms with E-state index >= 15 is 0 Å². The summed E-state index contributed by atoms with van der Waals surface area (Å²) in [5, 5.41) is 0. The zero-order chi connectivity index (χ0) is 8.62. The molecule has 0 saturated heterocycles. The van der Waals surface area contributed by atoms with Gasteiger partial charge >= 0.3 is 59.1 Å². The average Bonchev–Trinajstić information content (AvgIpc) is 1.63. The van der Waals surface area contributed by atoms with Crippen LogP contribution in [0.1, 0.15) is 19.8 Å². The third-order valence-electron chi connectivity index (χ3n) is 0.487. The second-order valence-corrected chi connectivity index (χ2v) is 2.65. The van der Waals surface area contributed by atoms with Crippen molar-refractivity contribution in [2.24, 2.45) is 0 Å². The Hall–Kier alpha value is 2.16. The van der Waals surface area contributed by atoms with Gasteiger partial charge in [0.15, 0.2) is 0 Å². The third-order valence-corrected chi connectivity index (χ3v) is 0.754. The number of rotatable bonds is 2. The summed E-state index contributed by atoms with van der Waals surface area (Å²) in [6.45, 7) is 2.13. The molecule has 4 nitrogen and oxygen atoms in total. The van der Waals surface area contributed by atoms with Gasteiger partial charge in [-0.05, 0) is 6.42 Å². The van der Waals surface area contributed by atoms with Crippen molar-refractivity contribution in [1.29, 1.82) is 0 Å². The number of hydrogen-bond acceptors (Lipinski definition) is 4. The minimum absolute atomic E-state index is 0. The van der Waals surface area contributed by atoms with Gasteiger partial charge in [0.05, 0.1) is 0 Å². The fourth-order valence-corrected chi connectivity index (χ4v) is 0.401. The predicted octanol–water partition coefficient (Wildman–Crippen LogP) is -5.30. The van der Waals surface area contributed by atoms with Gasteiger partial charge in [-0.1, -0.05) is 13.3 Å². The van der Waals surface area contributed by atoms with E-state index in [-0.39, 0.29) is 59.1 Å². The number of halogens is 1. The van der Waals surface area contributed by atoms with E-state index in [1.807, 2.05) is 0 Å². The number of unbranched alkanes of at least 4 members (excludes halogenated alkanes) is 1. The van der Waals surface area contributed by atoms with Crippen molar-refractivity contribution in [3.05, 3.63) is 0 Å². The van der Waals surface area contributed by atoms with Crippen molar-refractivity contribution in [1.82, 2.24) is 0 Å². The first-order valence-corrected chi connectivity index (χ1v) is 4.51. The minimum atomic E-state index is -5.17. The zero-order valence-corrected chi connectivity index (χ0v) is 13.1. The van der Waals surface area contributed by atoms with Gasteiger partial charge in [-0.3, -0.25) is 8.42 Å². The topological polar surface area (TPSA) is 80.3 Å². The molecule has 0 saturated carbocycles. The molecule has 0 aromatic rings.